The molecule has 1 aromatic carbocycles. The normalized spacial score (nSPS) is 12.6. The van der Waals surface area contributed by atoms with E-state index < -0.39 is 0 Å². The van der Waals surface area contributed by atoms with Gasteiger partial charge in [0.2, 0.25) is 5.91 Å². The standard InChI is InChI=1S/C12H13BrN2OS/c1-2-5-8(13)11(16)15-12-14-9-6-3-4-7-10(9)17-12/h3-4,6-8H,2,5H2,1H3,(H,14,15,16)/t8-/m1/s1. The SMILES string of the molecule is CCC[C@@H](Br)C(=O)Nc1nc2ccccc2s1. The summed E-state index contributed by atoms with van der Waals surface area (Å²) in [4.78, 5) is 16.0. The van der Waals surface area contributed by atoms with Gasteiger partial charge in [-0.3, -0.25) is 4.79 Å². The van der Waals surface area contributed by atoms with Crippen molar-refractivity contribution in [3.63, 3.8) is 0 Å². The van der Waals surface area contributed by atoms with E-state index in [1.807, 2.05) is 24.3 Å². The molecule has 2 aromatic rings. The molecule has 0 spiro atoms. The number of benzene rings is 1. The van der Waals surface area contributed by atoms with E-state index in [2.05, 4.69) is 33.2 Å². The summed E-state index contributed by atoms with van der Waals surface area (Å²) in [5, 5.41) is 3.50. The maximum Gasteiger partial charge on any atom is 0.239 e. The highest BCUT2D eigenvalue weighted by molar-refractivity contribution is 9.10. The van der Waals surface area contributed by atoms with Gasteiger partial charge >= 0.3 is 0 Å². The van der Waals surface area contributed by atoms with E-state index >= 15 is 0 Å². The van der Waals surface area contributed by atoms with Crippen LogP contribution in [0.4, 0.5) is 5.13 Å². The summed E-state index contributed by atoms with van der Waals surface area (Å²) in [5.74, 6) is -0.0223. The number of amides is 1. The predicted molar refractivity (Wildman–Crippen MR) is 75.9 cm³/mol. The quantitative estimate of drug-likeness (QED) is 0.872. The number of aromatic nitrogens is 1. The predicted octanol–water partition coefficient (Wildman–Crippen LogP) is 3.80. The number of para-hydroxylation sites is 1. The molecule has 0 saturated carbocycles. The van der Waals surface area contributed by atoms with Crippen molar-refractivity contribution in [1.29, 1.82) is 0 Å². The highest BCUT2D eigenvalue weighted by Crippen LogP contribution is 2.25. The average Bonchev–Trinajstić information content (AvgIpc) is 2.71. The summed E-state index contributed by atoms with van der Waals surface area (Å²) >= 11 is 4.87. The van der Waals surface area contributed by atoms with Crippen LogP contribution in [0.5, 0.6) is 0 Å². The fraction of sp³-hybridized carbons (Fsp3) is 0.333. The number of anilines is 1. The van der Waals surface area contributed by atoms with Crippen LogP contribution in [0.2, 0.25) is 0 Å². The van der Waals surface area contributed by atoms with Gasteiger partial charge < -0.3 is 5.32 Å². The highest BCUT2D eigenvalue weighted by Gasteiger charge is 2.15. The van der Waals surface area contributed by atoms with Crippen molar-refractivity contribution in [2.75, 3.05) is 5.32 Å². The summed E-state index contributed by atoms with van der Waals surface area (Å²) in [6.07, 6.45) is 1.81. The number of rotatable bonds is 4. The molecule has 0 fully saturated rings. The molecule has 0 radical (unpaired) electrons. The Balaban J connectivity index is 2.10. The van der Waals surface area contributed by atoms with Gasteiger partial charge in [-0.25, -0.2) is 4.98 Å². The third-order valence-corrected chi connectivity index (χ3v) is 4.18. The molecule has 0 saturated heterocycles. The molecule has 0 aliphatic rings. The van der Waals surface area contributed by atoms with Crippen LogP contribution in [0.15, 0.2) is 24.3 Å². The second-order valence-corrected chi connectivity index (χ2v) is 5.87. The first-order chi connectivity index (χ1) is 8.20. The number of nitrogens with zero attached hydrogens (tertiary/aromatic N) is 1. The van der Waals surface area contributed by atoms with Crippen molar-refractivity contribution in [1.82, 2.24) is 4.98 Å². The van der Waals surface area contributed by atoms with Crippen LogP contribution in [0, 0.1) is 0 Å². The van der Waals surface area contributed by atoms with Crippen LogP contribution < -0.4 is 5.32 Å². The Morgan fingerprint density at radius 2 is 2.29 bits per heavy atom. The summed E-state index contributed by atoms with van der Waals surface area (Å²) in [6, 6.07) is 7.86. The van der Waals surface area contributed by atoms with Crippen molar-refractivity contribution in [2.24, 2.45) is 0 Å². The number of thiazole rings is 1. The number of hydrogen-bond donors (Lipinski definition) is 1. The molecule has 17 heavy (non-hydrogen) atoms. The first kappa shape index (κ1) is 12.5. The third-order valence-electron chi connectivity index (χ3n) is 2.35. The van der Waals surface area contributed by atoms with Crippen LogP contribution in [-0.2, 0) is 4.79 Å². The molecule has 5 heteroatoms. The lowest BCUT2D eigenvalue weighted by Gasteiger charge is -2.06. The molecule has 1 atom stereocenters. The van der Waals surface area contributed by atoms with Gasteiger partial charge in [0.25, 0.3) is 0 Å². The van der Waals surface area contributed by atoms with E-state index in [0.717, 1.165) is 23.1 Å². The number of hydrogen-bond acceptors (Lipinski definition) is 3. The Hall–Kier alpha value is -0.940. The van der Waals surface area contributed by atoms with E-state index in [1.165, 1.54) is 11.3 Å². The zero-order valence-corrected chi connectivity index (χ0v) is 11.8. The maximum absolute atomic E-state index is 11.8. The number of nitrogens with one attached hydrogen (secondary N) is 1. The van der Waals surface area contributed by atoms with Crippen LogP contribution in [0.3, 0.4) is 0 Å². The smallest absolute Gasteiger partial charge is 0.239 e. The molecule has 3 nitrogen and oxygen atoms in total. The van der Waals surface area contributed by atoms with Gasteiger partial charge in [-0.15, -0.1) is 0 Å². The topological polar surface area (TPSA) is 42.0 Å². The molecule has 1 aromatic heterocycles. The van der Waals surface area contributed by atoms with E-state index in [4.69, 9.17) is 0 Å². The molecule has 1 amide bonds. The van der Waals surface area contributed by atoms with Crippen LogP contribution in [-0.4, -0.2) is 15.7 Å². The largest absolute Gasteiger partial charge is 0.301 e. The molecule has 0 aliphatic heterocycles. The van der Waals surface area contributed by atoms with Crippen molar-refractivity contribution in [3.05, 3.63) is 24.3 Å². The Morgan fingerprint density at radius 3 is 3.00 bits per heavy atom. The van der Waals surface area contributed by atoms with Crippen LogP contribution in [0.1, 0.15) is 19.8 Å². The molecular formula is C12H13BrN2OS. The first-order valence-corrected chi connectivity index (χ1v) is 7.24. The molecular weight excluding hydrogens is 300 g/mol. The Bertz CT molecular complexity index is 493. The second-order valence-electron chi connectivity index (χ2n) is 3.73. The van der Waals surface area contributed by atoms with E-state index in [1.54, 1.807) is 0 Å². The fourth-order valence-electron chi connectivity index (χ4n) is 1.49. The minimum Gasteiger partial charge on any atom is -0.301 e. The van der Waals surface area contributed by atoms with Crippen molar-refractivity contribution in [2.45, 2.75) is 24.6 Å². The summed E-state index contributed by atoms with van der Waals surface area (Å²) < 4.78 is 1.09. The van der Waals surface area contributed by atoms with Gasteiger partial charge in [0.15, 0.2) is 5.13 Å². The van der Waals surface area contributed by atoms with Gasteiger partial charge in [-0.05, 0) is 18.6 Å². The van der Waals surface area contributed by atoms with E-state index in [9.17, 15) is 4.79 Å². The van der Waals surface area contributed by atoms with Crippen molar-refractivity contribution in [3.8, 4) is 0 Å². The molecule has 0 bridgehead atoms. The van der Waals surface area contributed by atoms with Crippen LogP contribution in [0.25, 0.3) is 10.2 Å². The third kappa shape index (κ3) is 3.04. The lowest BCUT2D eigenvalue weighted by molar-refractivity contribution is -0.115. The van der Waals surface area contributed by atoms with E-state index in [0.29, 0.717) is 5.13 Å². The molecule has 0 unspecified atom stereocenters. The van der Waals surface area contributed by atoms with Crippen molar-refractivity contribution >= 4 is 48.5 Å². The van der Waals surface area contributed by atoms with Gasteiger partial charge in [-0.1, -0.05) is 52.7 Å². The molecule has 2 rings (SSSR count). The zero-order valence-electron chi connectivity index (χ0n) is 9.44. The Morgan fingerprint density at radius 1 is 1.53 bits per heavy atom. The number of fused-ring (bicyclic) bond motifs is 1. The summed E-state index contributed by atoms with van der Waals surface area (Å²) in [7, 11) is 0. The molecule has 1 heterocycles. The lowest BCUT2D eigenvalue weighted by atomic mass is 10.2. The number of halogens is 1. The molecule has 90 valence electrons. The van der Waals surface area contributed by atoms with Gasteiger partial charge in [0.1, 0.15) is 0 Å². The zero-order chi connectivity index (χ0) is 12.3. The number of carbonyl (C=O) groups excluding carboxylic acids is 1. The summed E-state index contributed by atoms with van der Waals surface area (Å²) in [6.45, 7) is 2.05. The van der Waals surface area contributed by atoms with Crippen molar-refractivity contribution < 1.29 is 4.79 Å². The highest BCUT2D eigenvalue weighted by atomic mass is 79.9. The fourth-order valence-corrected chi connectivity index (χ4v) is 2.93. The van der Waals surface area contributed by atoms with E-state index in [-0.39, 0.29) is 10.7 Å². The second kappa shape index (κ2) is 5.60. The van der Waals surface area contributed by atoms with Gasteiger partial charge in [-0.2, -0.15) is 0 Å². The number of carbonyl (C=O) groups is 1. The Kier molecular flexibility index (Phi) is 4.12. The lowest BCUT2D eigenvalue weighted by Crippen LogP contribution is -2.22. The number of alkyl halides is 1. The summed E-state index contributed by atoms with van der Waals surface area (Å²) in [5.41, 5.74) is 0.925. The van der Waals surface area contributed by atoms with Gasteiger partial charge in [0, 0.05) is 0 Å². The Labute approximate surface area is 112 Å². The minimum absolute atomic E-state index is 0.0223. The first-order valence-electron chi connectivity index (χ1n) is 5.51. The molecule has 1 N–H and O–H groups in total. The average molecular weight is 313 g/mol. The van der Waals surface area contributed by atoms with Crippen LogP contribution >= 0.6 is 27.3 Å². The van der Waals surface area contributed by atoms with Gasteiger partial charge in [0.05, 0.1) is 15.0 Å². The minimum atomic E-state index is -0.139. The maximum atomic E-state index is 11.8. The monoisotopic (exact) mass is 312 g/mol. The molecule has 0 aliphatic carbocycles.